The average Bonchev–Trinajstić information content (AvgIpc) is 3.15. The molecule has 3 heterocycles. The van der Waals surface area contributed by atoms with Crippen molar-refractivity contribution in [1.29, 1.82) is 0 Å². The van der Waals surface area contributed by atoms with E-state index in [0.29, 0.717) is 12.1 Å². The summed E-state index contributed by atoms with van der Waals surface area (Å²) in [7, 11) is 0. The molecule has 144 valence electrons. The zero-order chi connectivity index (χ0) is 17.7. The van der Waals surface area contributed by atoms with Gasteiger partial charge in [0.2, 0.25) is 0 Å². The molecule has 1 aromatic heterocycles. The van der Waals surface area contributed by atoms with Crippen LogP contribution in [0.5, 0.6) is 0 Å². The molecule has 0 aromatic carbocycles. The number of guanidine groups is 1. The van der Waals surface area contributed by atoms with E-state index in [1.165, 1.54) is 19.3 Å². The average molecular weight is 361 g/mol. The van der Waals surface area contributed by atoms with Crippen LogP contribution in [0.2, 0.25) is 0 Å². The van der Waals surface area contributed by atoms with E-state index in [0.717, 1.165) is 70.2 Å². The number of hydrogen-bond donors (Lipinski definition) is 2. The normalized spacial score (nSPS) is 26.5. The lowest BCUT2D eigenvalue weighted by Gasteiger charge is -2.47. The molecule has 2 aliphatic heterocycles. The van der Waals surface area contributed by atoms with Gasteiger partial charge >= 0.3 is 0 Å². The Labute approximate surface area is 155 Å². The fourth-order valence-corrected chi connectivity index (χ4v) is 4.16. The summed E-state index contributed by atoms with van der Waals surface area (Å²) in [6.45, 7) is 3.24. The monoisotopic (exact) mass is 361 g/mol. The first kappa shape index (κ1) is 17.9. The Kier molecular flexibility index (Phi) is 5.80. The summed E-state index contributed by atoms with van der Waals surface area (Å²) in [5.41, 5.74) is 0.147. The van der Waals surface area contributed by atoms with Crippen LogP contribution in [0.3, 0.4) is 0 Å². The molecule has 0 radical (unpaired) electrons. The highest BCUT2D eigenvalue weighted by Crippen LogP contribution is 2.42. The molecule has 2 N–H and O–H groups in total. The predicted molar refractivity (Wildman–Crippen MR) is 100 cm³/mol. The number of nitrogens with zero attached hydrogens (tertiary/aromatic N) is 1. The second kappa shape index (κ2) is 8.44. The van der Waals surface area contributed by atoms with Gasteiger partial charge in [-0.3, -0.25) is 4.99 Å². The predicted octanol–water partition coefficient (Wildman–Crippen LogP) is 2.64. The Morgan fingerprint density at radius 2 is 1.92 bits per heavy atom. The van der Waals surface area contributed by atoms with Gasteiger partial charge in [0, 0.05) is 44.9 Å². The molecule has 1 aliphatic carbocycles. The third-order valence-electron chi connectivity index (χ3n) is 5.87. The first-order chi connectivity index (χ1) is 12.8. The fourth-order valence-electron chi connectivity index (χ4n) is 4.16. The van der Waals surface area contributed by atoms with E-state index < -0.39 is 0 Å². The molecule has 6 heteroatoms. The van der Waals surface area contributed by atoms with Crippen molar-refractivity contribution in [3.63, 3.8) is 0 Å². The highest BCUT2D eigenvalue weighted by Gasteiger charge is 2.42. The molecular weight excluding hydrogens is 330 g/mol. The van der Waals surface area contributed by atoms with E-state index in [9.17, 15) is 0 Å². The van der Waals surface area contributed by atoms with Gasteiger partial charge in [0.25, 0.3) is 0 Å². The third-order valence-corrected chi connectivity index (χ3v) is 5.87. The largest absolute Gasteiger partial charge is 0.469 e. The molecule has 2 saturated heterocycles. The van der Waals surface area contributed by atoms with Crippen LogP contribution >= 0.6 is 0 Å². The van der Waals surface area contributed by atoms with Crippen molar-refractivity contribution < 1.29 is 13.9 Å². The zero-order valence-electron chi connectivity index (χ0n) is 15.5. The highest BCUT2D eigenvalue weighted by molar-refractivity contribution is 5.80. The van der Waals surface area contributed by atoms with E-state index >= 15 is 0 Å². The first-order valence-electron chi connectivity index (χ1n) is 10.1. The van der Waals surface area contributed by atoms with E-state index in [1.54, 1.807) is 6.26 Å². The second-order valence-corrected chi connectivity index (χ2v) is 7.81. The smallest absolute Gasteiger partial charge is 0.191 e. The van der Waals surface area contributed by atoms with Gasteiger partial charge in [0.05, 0.1) is 11.9 Å². The van der Waals surface area contributed by atoms with E-state index in [-0.39, 0.29) is 5.60 Å². The standard InChI is InChI=1S/C20H31N3O3/c1-3-18(25-11-1)4-10-21-19(22-16-5-12-24-13-6-16)23-17-7-14-26-20(15-17)8-2-9-20/h1,3,11,16-17H,2,4-10,12-15H2,(H2,21,22,23). The molecule has 1 unspecified atom stereocenters. The van der Waals surface area contributed by atoms with Gasteiger partial charge in [-0.1, -0.05) is 0 Å². The Balaban J connectivity index is 1.35. The van der Waals surface area contributed by atoms with Crippen LogP contribution in [0, 0.1) is 0 Å². The molecule has 3 aliphatic rings. The van der Waals surface area contributed by atoms with Crippen molar-refractivity contribution >= 4 is 5.96 Å². The SMILES string of the molecule is c1coc(CCN=C(NC2CCOCC2)NC2CCOC3(CCC3)C2)c1. The second-order valence-electron chi connectivity index (χ2n) is 7.81. The molecule has 3 fully saturated rings. The summed E-state index contributed by atoms with van der Waals surface area (Å²) in [6.07, 6.45) is 10.5. The molecular formula is C20H31N3O3. The number of hydrogen-bond acceptors (Lipinski definition) is 4. The number of furan rings is 1. The van der Waals surface area contributed by atoms with E-state index in [4.69, 9.17) is 18.9 Å². The quantitative estimate of drug-likeness (QED) is 0.623. The minimum Gasteiger partial charge on any atom is -0.469 e. The first-order valence-corrected chi connectivity index (χ1v) is 10.1. The molecule has 26 heavy (non-hydrogen) atoms. The third kappa shape index (κ3) is 4.60. The number of nitrogens with one attached hydrogen (secondary N) is 2. The minimum atomic E-state index is 0.147. The van der Waals surface area contributed by atoms with Crippen molar-refractivity contribution in [3.05, 3.63) is 24.2 Å². The van der Waals surface area contributed by atoms with E-state index in [2.05, 4.69) is 10.6 Å². The molecule has 0 bridgehead atoms. The summed E-state index contributed by atoms with van der Waals surface area (Å²) in [5.74, 6) is 1.92. The van der Waals surface area contributed by atoms with Crippen LogP contribution in [0.4, 0.5) is 0 Å². The minimum absolute atomic E-state index is 0.147. The molecule has 6 nitrogen and oxygen atoms in total. The molecule has 4 rings (SSSR count). The molecule has 0 amide bonds. The molecule has 1 atom stereocenters. The Bertz CT molecular complexity index is 577. The molecule has 1 saturated carbocycles. The van der Waals surface area contributed by atoms with Crippen molar-refractivity contribution in [2.24, 2.45) is 4.99 Å². The summed E-state index contributed by atoms with van der Waals surface area (Å²) in [6, 6.07) is 4.82. The van der Waals surface area contributed by atoms with E-state index in [1.807, 2.05) is 12.1 Å². The lowest BCUT2D eigenvalue weighted by atomic mass is 9.74. The van der Waals surface area contributed by atoms with Gasteiger partial charge in [-0.15, -0.1) is 0 Å². The Hall–Kier alpha value is -1.53. The van der Waals surface area contributed by atoms with Crippen LogP contribution in [-0.2, 0) is 15.9 Å². The number of ether oxygens (including phenoxy) is 2. The van der Waals surface area contributed by atoms with Crippen molar-refractivity contribution in [2.75, 3.05) is 26.4 Å². The maximum absolute atomic E-state index is 6.06. The maximum Gasteiger partial charge on any atom is 0.191 e. The van der Waals surface area contributed by atoms with Gasteiger partial charge in [-0.05, 0) is 57.1 Å². The van der Waals surface area contributed by atoms with Gasteiger partial charge in [0.1, 0.15) is 5.76 Å². The zero-order valence-corrected chi connectivity index (χ0v) is 15.5. The topological polar surface area (TPSA) is 68.0 Å². The van der Waals surface area contributed by atoms with Crippen molar-refractivity contribution in [2.45, 2.75) is 69.1 Å². The van der Waals surface area contributed by atoms with Crippen molar-refractivity contribution in [3.8, 4) is 0 Å². The van der Waals surface area contributed by atoms with Crippen LogP contribution < -0.4 is 10.6 Å². The van der Waals surface area contributed by atoms with Crippen LogP contribution in [0.15, 0.2) is 27.8 Å². The molecule has 1 aromatic rings. The lowest BCUT2D eigenvalue weighted by Crippen LogP contribution is -2.55. The summed E-state index contributed by atoms with van der Waals surface area (Å²) in [5, 5.41) is 7.33. The summed E-state index contributed by atoms with van der Waals surface area (Å²) >= 11 is 0. The van der Waals surface area contributed by atoms with Crippen LogP contribution in [0.25, 0.3) is 0 Å². The number of rotatable bonds is 5. The van der Waals surface area contributed by atoms with Gasteiger partial charge in [0.15, 0.2) is 5.96 Å². The summed E-state index contributed by atoms with van der Waals surface area (Å²) in [4.78, 5) is 4.83. The summed E-state index contributed by atoms with van der Waals surface area (Å²) < 4.78 is 17.0. The highest BCUT2D eigenvalue weighted by atomic mass is 16.5. The number of aliphatic imine (C=N–C) groups is 1. The van der Waals surface area contributed by atoms with Gasteiger partial charge in [-0.2, -0.15) is 0 Å². The maximum atomic E-state index is 6.06. The Morgan fingerprint density at radius 3 is 2.65 bits per heavy atom. The van der Waals surface area contributed by atoms with Crippen LogP contribution in [-0.4, -0.2) is 50.0 Å². The lowest BCUT2D eigenvalue weighted by molar-refractivity contribution is -0.134. The fraction of sp³-hybridized carbons (Fsp3) is 0.750. The Morgan fingerprint density at radius 1 is 1.12 bits per heavy atom. The van der Waals surface area contributed by atoms with Crippen LogP contribution in [0.1, 0.15) is 50.7 Å². The molecule has 1 spiro atoms. The van der Waals surface area contributed by atoms with Gasteiger partial charge in [-0.25, -0.2) is 0 Å². The van der Waals surface area contributed by atoms with Gasteiger partial charge < -0.3 is 24.5 Å². The van der Waals surface area contributed by atoms with Crippen molar-refractivity contribution in [1.82, 2.24) is 10.6 Å².